The van der Waals surface area contributed by atoms with Gasteiger partial charge in [0.25, 0.3) is 0 Å². The maximum atomic E-state index is 5.94. The Bertz CT molecular complexity index is 1080. The lowest BCUT2D eigenvalue weighted by molar-refractivity contribution is 0.483. The summed E-state index contributed by atoms with van der Waals surface area (Å²) in [7, 11) is 0. The van der Waals surface area contributed by atoms with Crippen LogP contribution >= 0.6 is 0 Å². The van der Waals surface area contributed by atoms with Crippen LogP contribution in [0.15, 0.2) is 73.2 Å². The van der Waals surface area contributed by atoms with E-state index in [1.54, 1.807) is 6.33 Å². The van der Waals surface area contributed by atoms with Gasteiger partial charge in [-0.3, -0.25) is 0 Å². The van der Waals surface area contributed by atoms with Gasteiger partial charge in [0.15, 0.2) is 0 Å². The van der Waals surface area contributed by atoms with Crippen molar-refractivity contribution in [2.45, 2.75) is 31.7 Å². The monoisotopic (exact) mass is 370 g/mol. The summed E-state index contributed by atoms with van der Waals surface area (Å²) in [5.41, 5.74) is 1.93. The van der Waals surface area contributed by atoms with Crippen LogP contribution in [-0.2, 0) is 0 Å². The Morgan fingerprint density at radius 3 is 2.57 bits per heavy atom. The van der Waals surface area contributed by atoms with Crippen molar-refractivity contribution in [3.05, 3.63) is 73.2 Å². The first kappa shape index (κ1) is 16.8. The van der Waals surface area contributed by atoms with Crippen molar-refractivity contribution in [1.82, 2.24) is 14.5 Å². The molecule has 2 aromatic carbocycles. The lowest BCUT2D eigenvalue weighted by Crippen LogP contribution is -2.04. The molecule has 0 bridgehead atoms. The molecule has 2 aromatic heterocycles. The summed E-state index contributed by atoms with van der Waals surface area (Å²) in [6.45, 7) is 0. The Balaban J connectivity index is 1.42. The highest BCUT2D eigenvalue weighted by molar-refractivity contribution is 5.89. The second kappa shape index (κ2) is 7.35. The molecule has 2 heterocycles. The molecule has 1 saturated carbocycles. The van der Waals surface area contributed by atoms with E-state index >= 15 is 0 Å². The van der Waals surface area contributed by atoms with Crippen LogP contribution < -0.4 is 10.1 Å². The predicted octanol–water partition coefficient (Wildman–Crippen LogP) is 6.08. The first-order valence-corrected chi connectivity index (χ1v) is 9.78. The molecular formula is C23H22N4O. The fourth-order valence-electron chi connectivity index (χ4n) is 3.95. The molecule has 1 N–H and O–H groups in total. The number of nitrogens with zero attached hydrogens (tertiary/aromatic N) is 3. The zero-order valence-electron chi connectivity index (χ0n) is 15.6. The Morgan fingerprint density at radius 2 is 1.71 bits per heavy atom. The van der Waals surface area contributed by atoms with Crippen LogP contribution in [0.3, 0.4) is 0 Å². The molecule has 0 amide bonds. The minimum Gasteiger partial charge on any atom is -0.457 e. The van der Waals surface area contributed by atoms with Gasteiger partial charge in [-0.15, -0.1) is 0 Å². The maximum Gasteiger partial charge on any atom is 0.145 e. The molecule has 0 aliphatic heterocycles. The summed E-state index contributed by atoms with van der Waals surface area (Å²) in [5, 5.41) is 4.48. The van der Waals surface area contributed by atoms with Crippen LogP contribution in [0.1, 0.15) is 31.7 Å². The van der Waals surface area contributed by atoms with Gasteiger partial charge in [0, 0.05) is 24.0 Å². The first-order valence-electron chi connectivity index (χ1n) is 9.78. The van der Waals surface area contributed by atoms with Crippen molar-refractivity contribution in [2.24, 2.45) is 0 Å². The van der Waals surface area contributed by atoms with Crippen LogP contribution in [0.25, 0.3) is 11.0 Å². The number of para-hydroxylation sites is 1. The topological polar surface area (TPSA) is 52.0 Å². The summed E-state index contributed by atoms with van der Waals surface area (Å²) < 4.78 is 8.25. The number of benzene rings is 2. The number of nitrogens with one attached hydrogen (secondary N) is 1. The van der Waals surface area contributed by atoms with Crippen LogP contribution in [0.2, 0.25) is 0 Å². The molecule has 0 unspecified atom stereocenters. The largest absolute Gasteiger partial charge is 0.457 e. The van der Waals surface area contributed by atoms with E-state index in [1.165, 1.54) is 25.7 Å². The van der Waals surface area contributed by atoms with Gasteiger partial charge in [0.05, 0.1) is 5.39 Å². The van der Waals surface area contributed by atoms with E-state index in [9.17, 15) is 0 Å². The van der Waals surface area contributed by atoms with Crippen molar-refractivity contribution in [1.29, 1.82) is 0 Å². The van der Waals surface area contributed by atoms with Crippen LogP contribution in [-0.4, -0.2) is 14.5 Å². The number of ether oxygens (including phenoxy) is 1. The molecule has 28 heavy (non-hydrogen) atoms. The standard InChI is InChI=1S/C23H22N4O/c1-2-10-19(11-3-1)28-20-12-6-7-17(15-20)26-22-21-13-14-27(18-8-4-5-9-18)23(21)25-16-24-22/h1-3,6-7,10-16,18H,4-5,8-9H2,(H,24,25,26). The fraction of sp³-hybridized carbons (Fsp3) is 0.217. The molecule has 0 saturated heterocycles. The number of fused-ring (bicyclic) bond motifs is 1. The third kappa shape index (κ3) is 3.31. The molecule has 1 fully saturated rings. The SMILES string of the molecule is c1ccc(Oc2cccc(Nc3ncnc4c3ccn4C3CCCC3)c2)cc1. The van der Waals surface area contributed by atoms with Crippen LogP contribution in [0.5, 0.6) is 11.5 Å². The number of hydrogen-bond donors (Lipinski definition) is 1. The van der Waals surface area contributed by atoms with Gasteiger partial charge in [-0.2, -0.15) is 0 Å². The van der Waals surface area contributed by atoms with Gasteiger partial charge >= 0.3 is 0 Å². The van der Waals surface area contributed by atoms with Gasteiger partial charge in [0.2, 0.25) is 0 Å². The highest BCUT2D eigenvalue weighted by atomic mass is 16.5. The van der Waals surface area contributed by atoms with E-state index in [1.807, 2.05) is 54.6 Å². The van der Waals surface area contributed by atoms with E-state index in [-0.39, 0.29) is 0 Å². The molecule has 5 rings (SSSR count). The Labute approximate surface area is 164 Å². The van der Waals surface area contributed by atoms with Gasteiger partial charge in [-0.1, -0.05) is 37.1 Å². The lowest BCUT2D eigenvalue weighted by Gasteiger charge is -2.13. The number of anilines is 2. The molecule has 0 spiro atoms. The molecule has 5 nitrogen and oxygen atoms in total. The van der Waals surface area contributed by atoms with Gasteiger partial charge in [-0.05, 0) is 43.2 Å². The fourth-order valence-corrected chi connectivity index (χ4v) is 3.95. The average molecular weight is 370 g/mol. The molecular weight excluding hydrogens is 348 g/mol. The summed E-state index contributed by atoms with van der Waals surface area (Å²) in [5.74, 6) is 2.42. The minimum atomic E-state index is 0.558. The molecule has 140 valence electrons. The lowest BCUT2D eigenvalue weighted by atomic mass is 10.2. The van der Waals surface area contributed by atoms with Crippen molar-refractivity contribution >= 4 is 22.5 Å². The molecule has 0 radical (unpaired) electrons. The van der Waals surface area contributed by atoms with Gasteiger partial charge < -0.3 is 14.6 Å². The van der Waals surface area contributed by atoms with Crippen molar-refractivity contribution < 1.29 is 4.74 Å². The second-order valence-corrected chi connectivity index (χ2v) is 7.19. The summed E-state index contributed by atoms with van der Waals surface area (Å²) in [4.78, 5) is 9.03. The van der Waals surface area contributed by atoms with Crippen molar-refractivity contribution in [2.75, 3.05) is 5.32 Å². The number of hydrogen-bond acceptors (Lipinski definition) is 4. The number of aromatic nitrogens is 3. The Hall–Kier alpha value is -3.34. The average Bonchev–Trinajstić information content (AvgIpc) is 3.39. The van der Waals surface area contributed by atoms with E-state index < -0.39 is 0 Å². The van der Waals surface area contributed by atoms with E-state index in [0.717, 1.165) is 34.0 Å². The van der Waals surface area contributed by atoms with Crippen molar-refractivity contribution in [3.63, 3.8) is 0 Å². The zero-order chi connectivity index (χ0) is 18.8. The first-order chi connectivity index (χ1) is 13.9. The highest BCUT2D eigenvalue weighted by Crippen LogP contribution is 2.34. The molecule has 0 atom stereocenters. The van der Waals surface area contributed by atoms with Crippen LogP contribution in [0, 0.1) is 0 Å². The van der Waals surface area contributed by atoms with Gasteiger partial charge in [-0.25, -0.2) is 9.97 Å². The van der Waals surface area contributed by atoms with Crippen LogP contribution in [0.4, 0.5) is 11.5 Å². The van der Waals surface area contributed by atoms with Crippen molar-refractivity contribution in [3.8, 4) is 11.5 Å². The quantitative estimate of drug-likeness (QED) is 0.462. The molecule has 1 aliphatic rings. The Morgan fingerprint density at radius 1 is 0.893 bits per heavy atom. The smallest absolute Gasteiger partial charge is 0.145 e. The molecule has 4 aromatic rings. The zero-order valence-corrected chi connectivity index (χ0v) is 15.6. The summed E-state index contributed by atoms with van der Waals surface area (Å²) in [6, 6.07) is 20.4. The highest BCUT2D eigenvalue weighted by Gasteiger charge is 2.19. The summed E-state index contributed by atoms with van der Waals surface area (Å²) >= 11 is 0. The normalized spacial score (nSPS) is 14.4. The number of rotatable bonds is 5. The van der Waals surface area contributed by atoms with E-state index in [4.69, 9.17) is 4.74 Å². The molecule has 5 heteroatoms. The third-order valence-electron chi connectivity index (χ3n) is 5.30. The second-order valence-electron chi connectivity index (χ2n) is 7.19. The minimum absolute atomic E-state index is 0.558. The third-order valence-corrected chi connectivity index (χ3v) is 5.30. The predicted molar refractivity (Wildman–Crippen MR) is 111 cm³/mol. The maximum absolute atomic E-state index is 5.94. The van der Waals surface area contributed by atoms with E-state index in [2.05, 4.69) is 32.1 Å². The van der Waals surface area contributed by atoms with E-state index in [0.29, 0.717) is 6.04 Å². The Kier molecular flexibility index (Phi) is 4.41. The molecule has 1 aliphatic carbocycles. The summed E-state index contributed by atoms with van der Waals surface area (Å²) in [6.07, 6.45) is 8.85. The van der Waals surface area contributed by atoms with Gasteiger partial charge in [0.1, 0.15) is 29.3 Å².